The number of para-hydroxylation sites is 1. The van der Waals surface area contributed by atoms with Crippen LogP contribution in [0.5, 0.6) is 5.75 Å². The number of hydrogen-bond acceptors (Lipinski definition) is 5. The van der Waals surface area contributed by atoms with Crippen molar-refractivity contribution in [1.29, 1.82) is 0 Å². The highest BCUT2D eigenvalue weighted by Gasteiger charge is 2.63. The van der Waals surface area contributed by atoms with Crippen LogP contribution < -0.4 is 9.64 Å². The van der Waals surface area contributed by atoms with Gasteiger partial charge in [-0.25, -0.2) is 14.9 Å². The maximum Gasteiger partial charge on any atom is 0.253 e. The summed E-state index contributed by atoms with van der Waals surface area (Å²) in [6, 6.07) is 15.0. The van der Waals surface area contributed by atoms with Crippen LogP contribution >= 0.6 is 0 Å². The van der Waals surface area contributed by atoms with E-state index in [1.165, 1.54) is 10.5 Å². The van der Waals surface area contributed by atoms with E-state index in [1.807, 2.05) is 48.5 Å². The molecule has 0 aromatic heterocycles. The topological polar surface area (TPSA) is 53.1 Å². The van der Waals surface area contributed by atoms with Gasteiger partial charge in [-0.2, -0.15) is 0 Å². The first-order chi connectivity index (χ1) is 14.2. The highest BCUT2D eigenvalue weighted by molar-refractivity contribution is 6.24. The number of amides is 2. The molecule has 3 atom stereocenters. The summed E-state index contributed by atoms with van der Waals surface area (Å²) < 4.78 is 5.60. The average Bonchev–Trinajstić information content (AvgIpc) is 3.40. The third-order valence-electron chi connectivity index (χ3n) is 6.47. The zero-order valence-corrected chi connectivity index (χ0v) is 16.7. The third-order valence-corrected chi connectivity index (χ3v) is 6.47. The number of fused-ring (bicyclic) bond motifs is 3. The molecule has 29 heavy (non-hydrogen) atoms. The lowest BCUT2D eigenvalue weighted by Crippen LogP contribution is -2.44. The molecule has 3 saturated heterocycles. The van der Waals surface area contributed by atoms with Crippen LogP contribution in [-0.4, -0.2) is 48.1 Å². The lowest BCUT2D eigenvalue weighted by molar-refractivity contribution is -0.126. The van der Waals surface area contributed by atoms with Crippen molar-refractivity contribution in [2.24, 2.45) is 5.92 Å². The van der Waals surface area contributed by atoms with E-state index in [0.29, 0.717) is 5.69 Å². The first-order valence-electron chi connectivity index (χ1n) is 10.3. The molecule has 3 heterocycles. The number of benzene rings is 2. The SMILES string of the molecule is CCc1ccc(N2C(=O)C3C(C2=O)N2CCCN2C3c2ccccc2OC)cc1. The largest absolute Gasteiger partial charge is 0.496 e. The summed E-state index contributed by atoms with van der Waals surface area (Å²) in [6.45, 7) is 3.74. The molecular formula is C23H25N3O3. The van der Waals surface area contributed by atoms with Crippen LogP contribution in [0.4, 0.5) is 5.69 Å². The Morgan fingerprint density at radius 1 is 0.931 bits per heavy atom. The summed E-state index contributed by atoms with van der Waals surface area (Å²) in [5, 5.41) is 4.32. The van der Waals surface area contributed by atoms with Crippen LogP contribution in [0.3, 0.4) is 0 Å². The number of methoxy groups -OCH3 is 1. The molecule has 0 bridgehead atoms. The van der Waals surface area contributed by atoms with E-state index in [9.17, 15) is 9.59 Å². The zero-order chi connectivity index (χ0) is 20.1. The number of carbonyl (C=O) groups is 2. The fourth-order valence-corrected chi connectivity index (χ4v) is 5.13. The molecule has 0 saturated carbocycles. The van der Waals surface area contributed by atoms with Crippen LogP contribution in [-0.2, 0) is 16.0 Å². The Morgan fingerprint density at radius 3 is 2.31 bits per heavy atom. The van der Waals surface area contributed by atoms with Crippen molar-refractivity contribution in [3.05, 3.63) is 59.7 Å². The highest BCUT2D eigenvalue weighted by Crippen LogP contribution is 2.50. The van der Waals surface area contributed by atoms with Crippen molar-refractivity contribution >= 4 is 17.5 Å². The minimum absolute atomic E-state index is 0.116. The summed E-state index contributed by atoms with van der Waals surface area (Å²) in [5.41, 5.74) is 2.82. The van der Waals surface area contributed by atoms with Crippen molar-refractivity contribution < 1.29 is 14.3 Å². The molecule has 0 aliphatic carbocycles. The van der Waals surface area contributed by atoms with Crippen LogP contribution in [0.2, 0.25) is 0 Å². The Balaban J connectivity index is 1.57. The van der Waals surface area contributed by atoms with E-state index in [2.05, 4.69) is 16.9 Å². The van der Waals surface area contributed by atoms with Gasteiger partial charge in [0.25, 0.3) is 5.91 Å². The second-order valence-corrected chi connectivity index (χ2v) is 7.87. The van der Waals surface area contributed by atoms with E-state index in [-0.39, 0.29) is 17.9 Å². The summed E-state index contributed by atoms with van der Waals surface area (Å²) >= 11 is 0. The van der Waals surface area contributed by atoms with Gasteiger partial charge in [-0.05, 0) is 36.6 Å². The Bertz CT molecular complexity index is 958. The number of imide groups is 1. The molecule has 150 valence electrons. The molecule has 0 N–H and O–H groups in total. The van der Waals surface area contributed by atoms with Gasteiger partial charge in [-0.1, -0.05) is 37.3 Å². The number of aryl methyl sites for hydroxylation is 1. The van der Waals surface area contributed by atoms with E-state index in [1.54, 1.807) is 7.11 Å². The normalized spacial score (nSPS) is 26.8. The molecule has 6 nitrogen and oxygen atoms in total. The Kier molecular flexibility index (Phi) is 4.41. The summed E-state index contributed by atoms with van der Waals surface area (Å²) in [4.78, 5) is 28.4. The molecule has 3 unspecified atom stereocenters. The Hall–Kier alpha value is -2.70. The number of carbonyl (C=O) groups excluding carboxylic acids is 2. The van der Waals surface area contributed by atoms with Gasteiger partial charge in [0.2, 0.25) is 5.91 Å². The smallest absolute Gasteiger partial charge is 0.253 e. The predicted molar refractivity (Wildman–Crippen MR) is 109 cm³/mol. The van der Waals surface area contributed by atoms with E-state index in [0.717, 1.165) is 37.2 Å². The molecule has 2 amide bonds. The van der Waals surface area contributed by atoms with E-state index >= 15 is 0 Å². The van der Waals surface area contributed by atoms with Gasteiger partial charge in [-0.3, -0.25) is 9.59 Å². The second-order valence-electron chi connectivity index (χ2n) is 7.87. The first-order valence-corrected chi connectivity index (χ1v) is 10.3. The number of anilines is 1. The van der Waals surface area contributed by atoms with Gasteiger partial charge in [0.15, 0.2) is 0 Å². The molecule has 3 fully saturated rings. The molecule has 5 rings (SSSR count). The Morgan fingerprint density at radius 2 is 1.62 bits per heavy atom. The summed E-state index contributed by atoms with van der Waals surface area (Å²) in [5.74, 6) is 0.101. The minimum atomic E-state index is -0.439. The molecule has 3 aliphatic heterocycles. The third kappa shape index (κ3) is 2.63. The summed E-state index contributed by atoms with van der Waals surface area (Å²) in [6.07, 6.45) is 1.91. The number of hydrogen-bond donors (Lipinski definition) is 0. The van der Waals surface area contributed by atoms with Crippen molar-refractivity contribution in [2.45, 2.75) is 31.8 Å². The summed E-state index contributed by atoms with van der Waals surface area (Å²) in [7, 11) is 1.65. The first kappa shape index (κ1) is 18.3. The average molecular weight is 391 g/mol. The number of nitrogens with zero attached hydrogens (tertiary/aromatic N) is 3. The van der Waals surface area contributed by atoms with Gasteiger partial charge >= 0.3 is 0 Å². The maximum atomic E-state index is 13.6. The van der Waals surface area contributed by atoms with Crippen molar-refractivity contribution in [3.63, 3.8) is 0 Å². The van der Waals surface area contributed by atoms with Crippen molar-refractivity contribution in [3.8, 4) is 5.75 Å². The lowest BCUT2D eigenvalue weighted by atomic mass is 9.89. The number of hydrazine groups is 1. The monoisotopic (exact) mass is 391 g/mol. The molecule has 2 aromatic carbocycles. The zero-order valence-electron chi connectivity index (χ0n) is 16.7. The van der Waals surface area contributed by atoms with Crippen LogP contribution in [0.25, 0.3) is 0 Å². The maximum absolute atomic E-state index is 13.6. The van der Waals surface area contributed by atoms with Crippen molar-refractivity contribution in [1.82, 2.24) is 10.0 Å². The molecule has 3 aliphatic rings. The number of ether oxygens (including phenoxy) is 1. The predicted octanol–water partition coefficient (Wildman–Crippen LogP) is 2.79. The van der Waals surface area contributed by atoms with Crippen LogP contribution in [0.1, 0.15) is 30.5 Å². The Labute approximate surface area is 170 Å². The standard InChI is InChI=1S/C23H25N3O3/c1-3-15-9-11-16(12-10-15)26-22(27)19-20(17-7-4-5-8-18(17)29-2)24-13-6-14-25(24)21(19)23(26)28/h4-5,7-12,19-21H,3,6,13-14H2,1-2H3. The minimum Gasteiger partial charge on any atom is -0.496 e. The molecule has 0 spiro atoms. The fraction of sp³-hybridized carbons (Fsp3) is 0.391. The highest BCUT2D eigenvalue weighted by atomic mass is 16.5. The van der Waals surface area contributed by atoms with Gasteiger partial charge < -0.3 is 4.74 Å². The van der Waals surface area contributed by atoms with Gasteiger partial charge in [0, 0.05) is 18.7 Å². The lowest BCUT2D eigenvalue weighted by Gasteiger charge is -2.30. The van der Waals surface area contributed by atoms with Crippen molar-refractivity contribution in [2.75, 3.05) is 25.1 Å². The molecule has 2 aromatic rings. The fourth-order valence-electron chi connectivity index (χ4n) is 5.13. The van der Waals surface area contributed by atoms with E-state index in [4.69, 9.17) is 4.74 Å². The van der Waals surface area contributed by atoms with Crippen LogP contribution in [0.15, 0.2) is 48.5 Å². The molecular weight excluding hydrogens is 366 g/mol. The van der Waals surface area contributed by atoms with Gasteiger partial charge in [0.1, 0.15) is 11.8 Å². The van der Waals surface area contributed by atoms with Crippen LogP contribution in [0, 0.1) is 5.92 Å². The number of rotatable bonds is 4. The quantitative estimate of drug-likeness (QED) is 0.751. The second kappa shape index (κ2) is 6.97. The van der Waals surface area contributed by atoms with Gasteiger partial charge in [-0.15, -0.1) is 0 Å². The van der Waals surface area contributed by atoms with E-state index < -0.39 is 12.0 Å². The molecule has 6 heteroatoms. The molecule has 0 radical (unpaired) electrons. The van der Waals surface area contributed by atoms with Gasteiger partial charge in [0.05, 0.1) is 24.8 Å².